The number of nitriles is 1. The Morgan fingerprint density at radius 3 is 2.73 bits per heavy atom. The molecule has 0 N–H and O–H groups in total. The highest BCUT2D eigenvalue weighted by Gasteiger charge is 2.21. The zero-order valence-corrected chi connectivity index (χ0v) is 13.2. The van der Waals surface area contributed by atoms with Crippen LogP contribution in [0, 0.1) is 26.9 Å². The first kappa shape index (κ1) is 17.6. The number of nitro groups is 1. The van der Waals surface area contributed by atoms with Crippen LogP contribution in [0.15, 0.2) is 12.4 Å². The maximum absolute atomic E-state index is 12.3. The summed E-state index contributed by atoms with van der Waals surface area (Å²) in [5.41, 5.74) is -0.154. The molecule has 8 heteroatoms. The third kappa shape index (κ3) is 5.91. The zero-order chi connectivity index (χ0) is 16.8. The topological polar surface area (TPSA) is 105 Å². The van der Waals surface area contributed by atoms with Crippen molar-refractivity contribution in [3.8, 4) is 6.07 Å². The second-order valence-electron chi connectivity index (χ2n) is 6.25. The van der Waals surface area contributed by atoms with Crippen LogP contribution in [0.1, 0.15) is 33.6 Å². The van der Waals surface area contributed by atoms with Gasteiger partial charge in [-0.25, -0.2) is 0 Å². The molecular weight excluding hydrogens is 286 g/mol. The first-order valence-corrected chi connectivity index (χ1v) is 7.04. The quantitative estimate of drug-likeness (QED) is 0.565. The molecule has 0 aliphatic rings. The van der Waals surface area contributed by atoms with Crippen LogP contribution >= 0.6 is 0 Å². The summed E-state index contributed by atoms with van der Waals surface area (Å²) >= 11 is 0. The minimum atomic E-state index is -0.524. The number of rotatable bonds is 7. The van der Waals surface area contributed by atoms with Gasteiger partial charge >= 0.3 is 5.69 Å². The van der Waals surface area contributed by atoms with Gasteiger partial charge in [-0.05, 0) is 5.41 Å². The number of aryl methyl sites for hydroxylation is 1. The molecule has 1 heterocycles. The summed E-state index contributed by atoms with van der Waals surface area (Å²) in [6.45, 7) is 7.31. The van der Waals surface area contributed by atoms with E-state index in [-0.39, 0.29) is 36.4 Å². The van der Waals surface area contributed by atoms with Crippen LogP contribution in [0.2, 0.25) is 0 Å². The summed E-state index contributed by atoms with van der Waals surface area (Å²) in [4.78, 5) is 24.0. The molecule has 8 nitrogen and oxygen atoms in total. The highest BCUT2D eigenvalue weighted by atomic mass is 16.6. The second-order valence-corrected chi connectivity index (χ2v) is 6.25. The molecule has 1 aromatic rings. The smallest absolute Gasteiger partial charge is 0.306 e. The van der Waals surface area contributed by atoms with E-state index in [4.69, 9.17) is 5.26 Å². The fourth-order valence-electron chi connectivity index (χ4n) is 1.99. The van der Waals surface area contributed by atoms with Crippen LogP contribution in [0.3, 0.4) is 0 Å². The van der Waals surface area contributed by atoms with Crippen LogP contribution in [-0.4, -0.2) is 38.6 Å². The Morgan fingerprint density at radius 2 is 2.23 bits per heavy atom. The predicted octanol–water partition coefficient (Wildman–Crippen LogP) is 1.97. The van der Waals surface area contributed by atoms with Gasteiger partial charge in [0.1, 0.15) is 12.4 Å². The standard InChI is InChI=1S/C14H21N5O3/c1-14(2,3)11-17(7-4-6-15)13(20)5-8-18-10-12(9-16-18)19(21)22/h9-10H,4-5,7-8,11H2,1-3H3. The minimum absolute atomic E-state index is 0.0599. The molecule has 0 radical (unpaired) electrons. The summed E-state index contributed by atoms with van der Waals surface area (Å²) < 4.78 is 1.38. The summed E-state index contributed by atoms with van der Waals surface area (Å²) in [5.74, 6) is -0.0803. The molecule has 22 heavy (non-hydrogen) atoms. The molecule has 0 unspecified atom stereocenters. The molecular formula is C14H21N5O3. The first-order valence-electron chi connectivity index (χ1n) is 7.04. The van der Waals surface area contributed by atoms with Crippen molar-refractivity contribution in [2.45, 2.75) is 40.2 Å². The van der Waals surface area contributed by atoms with Gasteiger partial charge in [0.15, 0.2) is 0 Å². The summed E-state index contributed by atoms with van der Waals surface area (Å²) in [7, 11) is 0. The van der Waals surface area contributed by atoms with Crippen molar-refractivity contribution >= 4 is 11.6 Å². The number of aromatic nitrogens is 2. The van der Waals surface area contributed by atoms with E-state index in [2.05, 4.69) is 5.10 Å². The number of amides is 1. The molecule has 0 aromatic carbocycles. The second kappa shape index (κ2) is 7.54. The van der Waals surface area contributed by atoms with Crippen molar-refractivity contribution in [3.63, 3.8) is 0 Å². The number of nitrogens with zero attached hydrogens (tertiary/aromatic N) is 5. The van der Waals surface area contributed by atoms with E-state index in [9.17, 15) is 14.9 Å². The number of carbonyl (C=O) groups excluding carboxylic acids is 1. The van der Waals surface area contributed by atoms with Gasteiger partial charge in [-0.2, -0.15) is 10.4 Å². The van der Waals surface area contributed by atoms with Crippen LogP contribution in [0.4, 0.5) is 5.69 Å². The lowest BCUT2D eigenvalue weighted by Crippen LogP contribution is -2.38. The number of carbonyl (C=O) groups is 1. The maximum Gasteiger partial charge on any atom is 0.306 e. The lowest BCUT2D eigenvalue weighted by molar-refractivity contribution is -0.385. The van der Waals surface area contributed by atoms with Crippen LogP contribution in [-0.2, 0) is 11.3 Å². The predicted molar refractivity (Wildman–Crippen MR) is 79.8 cm³/mol. The highest BCUT2D eigenvalue weighted by molar-refractivity contribution is 5.76. The van der Waals surface area contributed by atoms with Crippen molar-refractivity contribution in [2.75, 3.05) is 13.1 Å². The summed E-state index contributed by atoms with van der Waals surface area (Å²) in [5, 5.41) is 23.1. The molecule has 0 atom stereocenters. The van der Waals surface area contributed by atoms with E-state index in [1.165, 1.54) is 10.9 Å². The summed E-state index contributed by atoms with van der Waals surface area (Å²) in [6, 6.07) is 2.04. The van der Waals surface area contributed by atoms with Crippen molar-refractivity contribution in [2.24, 2.45) is 5.41 Å². The average molecular weight is 307 g/mol. The van der Waals surface area contributed by atoms with Crippen molar-refractivity contribution in [1.82, 2.24) is 14.7 Å². The molecule has 0 saturated carbocycles. The molecule has 0 aliphatic carbocycles. The lowest BCUT2D eigenvalue weighted by atomic mass is 9.96. The number of hydrogen-bond acceptors (Lipinski definition) is 5. The Morgan fingerprint density at radius 1 is 1.55 bits per heavy atom. The van der Waals surface area contributed by atoms with Gasteiger partial charge in [0.2, 0.25) is 5.91 Å². The lowest BCUT2D eigenvalue weighted by Gasteiger charge is -2.29. The first-order chi connectivity index (χ1) is 10.2. The third-order valence-electron chi connectivity index (χ3n) is 2.90. The van der Waals surface area contributed by atoms with Gasteiger partial charge in [-0.1, -0.05) is 20.8 Å². The van der Waals surface area contributed by atoms with E-state index < -0.39 is 4.92 Å². The Balaban J connectivity index is 2.61. The average Bonchev–Trinajstić information content (AvgIpc) is 2.88. The van der Waals surface area contributed by atoms with Crippen LogP contribution in [0.5, 0.6) is 0 Å². The molecule has 1 rings (SSSR count). The van der Waals surface area contributed by atoms with E-state index in [0.717, 1.165) is 6.20 Å². The minimum Gasteiger partial charge on any atom is -0.341 e. The molecule has 1 aromatic heterocycles. The van der Waals surface area contributed by atoms with Gasteiger partial charge in [-0.15, -0.1) is 0 Å². The SMILES string of the molecule is CC(C)(C)CN(CCC#N)C(=O)CCn1cc([N+](=O)[O-])cn1. The molecule has 0 fully saturated rings. The fourth-order valence-corrected chi connectivity index (χ4v) is 1.99. The van der Waals surface area contributed by atoms with Crippen molar-refractivity contribution in [3.05, 3.63) is 22.5 Å². The third-order valence-corrected chi connectivity index (χ3v) is 2.90. The highest BCUT2D eigenvalue weighted by Crippen LogP contribution is 2.16. The Labute approximate surface area is 129 Å². The molecule has 0 spiro atoms. The normalized spacial score (nSPS) is 11.0. The van der Waals surface area contributed by atoms with Gasteiger partial charge in [0.05, 0.1) is 17.4 Å². The van der Waals surface area contributed by atoms with Gasteiger partial charge in [-0.3, -0.25) is 19.6 Å². The van der Waals surface area contributed by atoms with Gasteiger partial charge in [0, 0.05) is 26.1 Å². The van der Waals surface area contributed by atoms with Gasteiger partial charge in [0.25, 0.3) is 0 Å². The Bertz CT molecular complexity index is 568. The monoisotopic (exact) mass is 307 g/mol. The van der Waals surface area contributed by atoms with Crippen LogP contribution < -0.4 is 0 Å². The summed E-state index contributed by atoms with van der Waals surface area (Å²) in [6.07, 6.45) is 2.94. The van der Waals surface area contributed by atoms with E-state index in [0.29, 0.717) is 13.1 Å². The molecule has 0 bridgehead atoms. The van der Waals surface area contributed by atoms with Gasteiger partial charge < -0.3 is 4.90 Å². The van der Waals surface area contributed by atoms with E-state index >= 15 is 0 Å². The van der Waals surface area contributed by atoms with E-state index in [1.54, 1.807) is 4.90 Å². The maximum atomic E-state index is 12.3. The van der Waals surface area contributed by atoms with Crippen molar-refractivity contribution in [1.29, 1.82) is 5.26 Å². The molecule has 120 valence electrons. The fraction of sp³-hybridized carbons (Fsp3) is 0.643. The molecule has 0 saturated heterocycles. The van der Waals surface area contributed by atoms with Crippen molar-refractivity contribution < 1.29 is 9.72 Å². The Kier molecular flexibility index (Phi) is 6.04. The molecule has 0 aliphatic heterocycles. The largest absolute Gasteiger partial charge is 0.341 e. The molecule has 1 amide bonds. The number of hydrogen-bond donors (Lipinski definition) is 0. The zero-order valence-electron chi connectivity index (χ0n) is 13.2. The van der Waals surface area contributed by atoms with E-state index in [1.807, 2.05) is 26.8 Å². The Hall–Kier alpha value is -2.43. The van der Waals surface area contributed by atoms with Crippen LogP contribution in [0.25, 0.3) is 0 Å².